The number of nitrogens with one attached hydrogen (secondary N) is 2. The van der Waals surface area contributed by atoms with Gasteiger partial charge in [0, 0.05) is 32.1 Å². The second-order valence-corrected chi connectivity index (χ2v) is 6.32. The van der Waals surface area contributed by atoms with E-state index in [2.05, 4.69) is 53.5 Å². The second-order valence-electron chi connectivity index (χ2n) is 6.32. The molecule has 2 aromatic rings. The SMILES string of the molecule is CCC(CC)CNC(=NC)NCCc1coc(-c2ccc(C)cc2)n1. The van der Waals surface area contributed by atoms with E-state index in [1.807, 2.05) is 12.1 Å². The zero-order chi connectivity index (χ0) is 18.1. The summed E-state index contributed by atoms with van der Waals surface area (Å²) < 4.78 is 5.60. The van der Waals surface area contributed by atoms with Crippen LogP contribution in [0.15, 0.2) is 39.9 Å². The van der Waals surface area contributed by atoms with Crippen molar-refractivity contribution in [1.82, 2.24) is 15.6 Å². The normalized spacial score (nSPS) is 11.8. The van der Waals surface area contributed by atoms with Gasteiger partial charge in [0.15, 0.2) is 5.96 Å². The third-order valence-corrected chi connectivity index (χ3v) is 4.46. The zero-order valence-electron chi connectivity index (χ0n) is 15.8. The molecule has 0 aliphatic carbocycles. The zero-order valence-corrected chi connectivity index (χ0v) is 15.8. The van der Waals surface area contributed by atoms with Crippen molar-refractivity contribution in [1.29, 1.82) is 0 Å². The van der Waals surface area contributed by atoms with E-state index < -0.39 is 0 Å². The number of hydrogen-bond donors (Lipinski definition) is 2. The monoisotopic (exact) mass is 342 g/mol. The molecule has 25 heavy (non-hydrogen) atoms. The van der Waals surface area contributed by atoms with E-state index in [4.69, 9.17) is 4.42 Å². The topological polar surface area (TPSA) is 62.5 Å². The summed E-state index contributed by atoms with van der Waals surface area (Å²) in [5.41, 5.74) is 3.18. The first-order valence-corrected chi connectivity index (χ1v) is 9.12. The Morgan fingerprint density at radius 2 is 1.88 bits per heavy atom. The molecule has 0 atom stereocenters. The number of rotatable bonds is 8. The van der Waals surface area contributed by atoms with Crippen LogP contribution in [0.3, 0.4) is 0 Å². The molecule has 0 saturated carbocycles. The third kappa shape index (κ3) is 5.93. The number of nitrogens with zero attached hydrogens (tertiary/aromatic N) is 2. The van der Waals surface area contributed by atoms with Gasteiger partial charge in [-0.15, -0.1) is 0 Å². The fourth-order valence-electron chi connectivity index (χ4n) is 2.60. The summed E-state index contributed by atoms with van der Waals surface area (Å²) in [7, 11) is 1.80. The lowest BCUT2D eigenvalue weighted by molar-refractivity contribution is 0.481. The Kier molecular flexibility index (Phi) is 7.51. The standard InChI is InChI=1S/C20H30N4O/c1-5-16(6-2)13-23-20(21-4)22-12-11-18-14-25-19(24-18)17-9-7-15(3)8-10-17/h7-10,14,16H,5-6,11-13H2,1-4H3,(H2,21,22,23). The first-order valence-electron chi connectivity index (χ1n) is 9.12. The Balaban J connectivity index is 1.80. The molecule has 0 fully saturated rings. The molecule has 1 aromatic heterocycles. The van der Waals surface area contributed by atoms with Crippen LogP contribution in [0.2, 0.25) is 0 Å². The molecule has 5 nitrogen and oxygen atoms in total. The number of aliphatic imine (C=N–C) groups is 1. The predicted molar refractivity (Wildman–Crippen MR) is 104 cm³/mol. The van der Waals surface area contributed by atoms with Crippen LogP contribution in [0, 0.1) is 12.8 Å². The van der Waals surface area contributed by atoms with Gasteiger partial charge in [-0.1, -0.05) is 44.4 Å². The van der Waals surface area contributed by atoms with Gasteiger partial charge in [-0.25, -0.2) is 4.98 Å². The van der Waals surface area contributed by atoms with Crippen molar-refractivity contribution in [2.45, 2.75) is 40.0 Å². The maximum absolute atomic E-state index is 5.60. The van der Waals surface area contributed by atoms with Crippen LogP contribution in [0.25, 0.3) is 11.5 Å². The minimum absolute atomic E-state index is 0.672. The van der Waals surface area contributed by atoms with Gasteiger partial charge in [0.25, 0.3) is 0 Å². The molecule has 2 rings (SSSR count). The van der Waals surface area contributed by atoms with Gasteiger partial charge < -0.3 is 15.1 Å². The van der Waals surface area contributed by atoms with Crippen LogP contribution in [-0.4, -0.2) is 31.1 Å². The molecule has 0 aliphatic rings. The molecule has 0 radical (unpaired) electrons. The van der Waals surface area contributed by atoms with Gasteiger partial charge in [0.1, 0.15) is 6.26 Å². The molecule has 136 valence electrons. The fraction of sp³-hybridized carbons (Fsp3) is 0.500. The molecule has 0 aliphatic heterocycles. The molecule has 0 saturated heterocycles. The molecule has 2 N–H and O–H groups in total. The van der Waals surface area contributed by atoms with Crippen LogP contribution in [0.4, 0.5) is 0 Å². The highest BCUT2D eigenvalue weighted by molar-refractivity contribution is 5.79. The summed E-state index contributed by atoms with van der Waals surface area (Å²) in [6.07, 6.45) is 4.89. The highest BCUT2D eigenvalue weighted by atomic mass is 16.3. The first kappa shape index (κ1) is 19.0. The molecule has 0 bridgehead atoms. The lowest BCUT2D eigenvalue weighted by atomic mass is 10.0. The van der Waals surface area contributed by atoms with Gasteiger partial charge in [-0.05, 0) is 25.0 Å². The van der Waals surface area contributed by atoms with Crippen molar-refractivity contribution >= 4 is 5.96 Å². The van der Waals surface area contributed by atoms with Crippen LogP contribution in [-0.2, 0) is 6.42 Å². The fourth-order valence-corrected chi connectivity index (χ4v) is 2.60. The molecule has 5 heteroatoms. The van der Waals surface area contributed by atoms with Gasteiger partial charge in [-0.2, -0.15) is 0 Å². The lowest BCUT2D eigenvalue weighted by Gasteiger charge is -2.16. The number of benzene rings is 1. The Bertz CT molecular complexity index is 657. The van der Waals surface area contributed by atoms with Crippen molar-refractivity contribution in [3.8, 4) is 11.5 Å². The third-order valence-electron chi connectivity index (χ3n) is 4.46. The quantitative estimate of drug-likeness (QED) is 0.566. The van der Waals surface area contributed by atoms with Crippen molar-refractivity contribution in [2.24, 2.45) is 10.9 Å². The van der Waals surface area contributed by atoms with Gasteiger partial charge in [-0.3, -0.25) is 4.99 Å². The Labute approximate surface area is 151 Å². The molecule has 1 heterocycles. The summed E-state index contributed by atoms with van der Waals surface area (Å²) in [6.45, 7) is 8.24. The second kappa shape index (κ2) is 9.87. The average molecular weight is 342 g/mol. The molecular weight excluding hydrogens is 312 g/mol. The Morgan fingerprint density at radius 1 is 1.16 bits per heavy atom. The van der Waals surface area contributed by atoms with E-state index in [1.165, 1.54) is 18.4 Å². The first-order chi connectivity index (χ1) is 12.2. The minimum Gasteiger partial charge on any atom is -0.444 e. The van der Waals surface area contributed by atoms with E-state index in [9.17, 15) is 0 Å². The van der Waals surface area contributed by atoms with E-state index in [0.717, 1.165) is 36.7 Å². The molecule has 0 amide bonds. The van der Waals surface area contributed by atoms with Gasteiger partial charge >= 0.3 is 0 Å². The number of aromatic nitrogens is 1. The number of aryl methyl sites for hydroxylation is 1. The maximum Gasteiger partial charge on any atom is 0.226 e. The smallest absolute Gasteiger partial charge is 0.226 e. The minimum atomic E-state index is 0.672. The van der Waals surface area contributed by atoms with Crippen LogP contribution in [0.1, 0.15) is 37.9 Å². The highest BCUT2D eigenvalue weighted by Gasteiger charge is 2.08. The number of oxazole rings is 1. The van der Waals surface area contributed by atoms with Crippen molar-refractivity contribution in [3.63, 3.8) is 0 Å². The van der Waals surface area contributed by atoms with Crippen molar-refractivity contribution < 1.29 is 4.42 Å². The summed E-state index contributed by atoms with van der Waals surface area (Å²) in [5.74, 6) is 2.20. The lowest BCUT2D eigenvalue weighted by Crippen LogP contribution is -2.40. The maximum atomic E-state index is 5.60. The number of hydrogen-bond acceptors (Lipinski definition) is 3. The van der Waals surface area contributed by atoms with Crippen molar-refractivity contribution in [2.75, 3.05) is 20.1 Å². The van der Waals surface area contributed by atoms with E-state index >= 15 is 0 Å². The highest BCUT2D eigenvalue weighted by Crippen LogP contribution is 2.19. The molecule has 0 unspecified atom stereocenters. The average Bonchev–Trinajstić information content (AvgIpc) is 3.10. The summed E-state index contributed by atoms with van der Waals surface area (Å²) in [6, 6.07) is 8.20. The van der Waals surface area contributed by atoms with Crippen LogP contribution < -0.4 is 10.6 Å². The van der Waals surface area contributed by atoms with E-state index in [1.54, 1.807) is 13.3 Å². The van der Waals surface area contributed by atoms with Gasteiger partial charge in [0.2, 0.25) is 5.89 Å². The molecule has 1 aromatic carbocycles. The Hall–Kier alpha value is -2.30. The summed E-state index contributed by atoms with van der Waals surface area (Å²) >= 11 is 0. The summed E-state index contributed by atoms with van der Waals surface area (Å²) in [5, 5.41) is 6.72. The number of guanidine groups is 1. The largest absolute Gasteiger partial charge is 0.444 e. The van der Waals surface area contributed by atoms with E-state index in [-0.39, 0.29) is 0 Å². The Morgan fingerprint density at radius 3 is 2.52 bits per heavy atom. The molecular formula is C20H30N4O. The van der Waals surface area contributed by atoms with Crippen LogP contribution >= 0.6 is 0 Å². The summed E-state index contributed by atoms with van der Waals surface area (Å²) in [4.78, 5) is 8.84. The predicted octanol–water partition coefficient (Wildman–Crippen LogP) is 3.79. The van der Waals surface area contributed by atoms with E-state index in [0.29, 0.717) is 11.8 Å². The van der Waals surface area contributed by atoms with Crippen molar-refractivity contribution in [3.05, 3.63) is 41.8 Å². The van der Waals surface area contributed by atoms with Gasteiger partial charge in [0.05, 0.1) is 5.69 Å². The van der Waals surface area contributed by atoms with Crippen LogP contribution in [0.5, 0.6) is 0 Å². The molecule has 0 spiro atoms.